The van der Waals surface area contributed by atoms with Gasteiger partial charge in [-0.25, -0.2) is 0 Å². The highest BCUT2D eigenvalue weighted by molar-refractivity contribution is 5.40. The van der Waals surface area contributed by atoms with Gasteiger partial charge in [-0.2, -0.15) is 0 Å². The molecule has 1 atom stereocenters. The Morgan fingerprint density at radius 3 is 2.69 bits per heavy atom. The maximum atomic E-state index is 5.73. The molecule has 16 heavy (non-hydrogen) atoms. The Hall–Kier alpha value is -0.820. The van der Waals surface area contributed by atoms with E-state index >= 15 is 0 Å². The van der Waals surface area contributed by atoms with Gasteiger partial charge in [0.1, 0.15) is 0 Å². The van der Waals surface area contributed by atoms with E-state index in [-0.39, 0.29) is 0 Å². The molecular weight excluding hydrogens is 194 g/mol. The molecule has 86 valence electrons. The SMILES string of the molecule is NCCC1CCC2(CCC2)c2ccccc21. The lowest BCUT2D eigenvalue weighted by Gasteiger charge is -2.48. The van der Waals surface area contributed by atoms with Crippen LogP contribution in [-0.2, 0) is 5.41 Å². The van der Waals surface area contributed by atoms with Gasteiger partial charge in [-0.1, -0.05) is 30.7 Å². The maximum absolute atomic E-state index is 5.73. The van der Waals surface area contributed by atoms with E-state index in [0.29, 0.717) is 5.41 Å². The average Bonchev–Trinajstić information content (AvgIpc) is 2.28. The molecular formula is C15H21N. The lowest BCUT2D eigenvalue weighted by Crippen LogP contribution is -2.38. The van der Waals surface area contributed by atoms with E-state index in [1.807, 2.05) is 0 Å². The molecule has 1 spiro atoms. The summed E-state index contributed by atoms with van der Waals surface area (Å²) in [5.74, 6) is 0.729. The number of rotatable bonds is 2. The highest BCUT2D eigenvalue weighted by Gasteiger charge is 2.43. The minimum atomic E-state index is 0.571. The van der Waals surface area contributed by atoms with Crippen LogP contribution in [0.4, 0.5) is 0 Å². The van der Waals surface area contributed by atoms with Crippen LogP contribution in [0, 0.1) is 0 Å². The van der Waals surface area contributed by atoms with Gasteiger partial charge in [0.2, 0.25) is 0 Å². The van der Waals surface area contributed by atoms with Crippen molar-refractivity contribution < 1.29 is 0 Å². The summed E-state index contributed by atoms with van der Waals surface area (Å²) in [7, 11) is 0. The zero-order valence-corrected chi connectivity index (χ0v) is 9.91. The molecule has 1 fully saturated rings. The van der Waals surface area contributed by atoms with Crippen LogP contribution in [0.2, 0.25) is 0 Å². The first-order chi connectivity index (χ1) is 7.86. The molecule has 1 aromatic rings. The highest BCUT2D eigenvalue weighted by Crippen LogP contribution is 2.54. The molecule has 0 aromatic heterocycles. The molecule has 3 rings (SSSR count). The summed E-state index contributed by atoms with van der Waals surface area (Å²) in [5, 5.41) is 0. The predicted octanol–water partition coefficient (Wildman–Crippen LogP) is 3.33. The number of fused-ring (bicyclic) bond motifs is 2. The van der Waals surface area contributed by atoms with Crippen LogP contribution in [0.3, 0.4) is 0 Å². The summed E-state index contributed by atoms with van der Waals surface area (Å²) < 4.78 is 0. The van der Waals surface area contributed by atoms with Crippen molar-refractivity contribution in [3.05, 3.63) is 35.4 Å². The van der Waals surface area contributed by atoms with E-state index < -0.39 is 0 Å². The Labute approximate surface area is 98.0 Å². The Morgan fingerprint density at radius 2 is 2.00 bits per heavy atom. The Balaban J connectivity index is 1.99. The maximum Gasteiger partial charge on any atom is -0.00439 e. The van der Waals surface area contributed by atoms with Gasteiger partial charge in [0, 0.05) is 0 Å². The highest BCUT2D eigenvalue weighted by atomic mass is 14.5. The van der Waals surface area contributed by atoms with E-state index in [9.17, 15) is 0 Å². The van der Waals surface area contributed by atoms with E-state index in [4.69, 9.17) is 5.73 Å². The molecule has 0 bridgehead atoms. The molecule has 1 saturated carbocycles. The first-order valence-corrected chi connectivity index (χ1v) is 6.65. The summed E-state index contributed by atoms with van der Waals surface area (Å²) in [6.07, 6.45) is 8.17. The Bertz CT molecular complexity index is 379. The second kappa shape index (κ2) is 3.89. The van der Waals surface area contributed by atoms with Crippen LogP contribution in [-0.4, -0.2) is 6.54 Å². The fourth-order valence-corrected chi connectivity index (χ4v) is 3.70. The lowest BCUT2D eigenvalue weighted by atomic mass is 9.56. The second-order valence-corrected chi connectivity index (χ2v) is 5.53. The monoisotopic (exact) mass is 215 g/mol. The Kier molecular flexibility index (Phi) is 2.51. The summed E-state index contributed by atoms with van der Waals surface area (Å²) in [6.45, 7) is 0.825. The lowest BCUT2D eigenvalue weighted by molar-refractivity contribution is 0.197. The molecule has 1 unspecified atom stereocenters. The fourth-order valence-electron chi connectivity index (χ4n) is 3.70. The third-order valence-electron chi connectivity index (χ3n) is 4.77. The van der Waals surface area contributed by atoms with Crippen LogP contribution >= 0.6 is 0 Å². The smallest absolute Gasteiger partial charge is 0.00439 e. The van der Waals surface area contributed by atoms with Gasteiger partial charge >= 0.3 is 0 Å². The van der Waals surface area contributed by atoms with Gasteiger partial charge in [-0.3, -0.25) is 0 Å². The first-order valence-electron chi connectivity index (χ1n) is 6.65. The van der Waals surface area contributed by atoms with Gasteiger partial charge in [-0.15, -0.1) is 0 Å². The van der Waals surface area contributed by atoms with Crippen molar-refractivity contribution in [3.63, 3.8) is 0 Å². The van der Waals surface area contributed by atoms with Crippen molar-refractivity contribution in [2.45, 2.75) is 49.9 Å². The van der Waals surface area contributed by atoms with Crippen molar-refractivity contribution >= 4 is 0 Å². The molecule has 0 saturated heterocycles. The standard InChI is InChI=1S/C15H21N/c16-11-7-12-6-10-15(8-3-9-15)14-5-2-1-4-13(12)14/h1-2,4-5,12H,3,6-11,16H2. The second-order valence-electron chi connectivity index (χ2n) is 5.53. The van der Waals surface area contributed by atoms with Crippen LogP contribution in [0.1, 0.15) is 55.6 Å². The van der Waals surface area contributed by atoms with E-state index in [2.05, 4.69) is 24.3 Å². The number of hydrogen-bond donors (Lipinski definition) is 1. The average molecular weight is 215 g/mol. The van der Waals surface area contributed by atoms with E-state index in [1.165, 1.54) is 32.1 Å². The molecule has 1 aromatic carbocycles. The van der Waals surface area contributed by atoms with Crippen molar-refractivity contribution in [1.29, 1.82) is 0 Å². The van der Waals surface area contributed by atoms with Crippen molar-refractivity contribution in [2.75, 3.05) is 6.54 Å². The molecule has 2 aliphatic carbocycles. The van der Waals surface area contributed by atoms with Crippen LogP contribution in [0.15, 0.2) is 24.3 Å². The number of hydrogen-bond acceptors (Lipinski definition) is 1. The summed E-state index contributed by atoms with van der Waals surface area (Å²) in [5.41, 5.74) is 9.57. The van der Waals surface area contributed by atoms with Gasteiger partial charge in [0.05, 0.1) is 0 Å². The quantitative estimate of drug-likeness (QED) is 0.804. The van der Waals surface area contributed by atoms with E-state index in [0.717, 1.165) is 18.9 Å². The van der Waals surface area contributed by atoms with Gasteiger partial charge < -0.3 is 5.73 Å². The first kappa shape index (κ1) is 10.3. The largest absolute Gasteiger partial charge is 0.330 e. The topological polar surface area (TPSA) is 26.0 Å². The third-order valence-corrected chi connectivity index (χ3v) is 4.77. The predicted molar refractivity (Wildman–Crippen MR) is 67.6 cm³/mol. The van der Waals surface area contributed by atoms with Crippen LogP contribution < -0.4 is 5.73 Å². The minimum absolute atomic E-state index is 0.571. The van der Waals surface area contributed by atoms with Crippen molar-refractivity contribution in [3.8, 4) is 0 Å². The van der Waals surface area contributed by atoms with Gasteiger partial charge in [0.25, 0.3) is 0 Å². The summed E-state index contributed by atoms with van der Waals surface area (Å²) >= 11 is 0. The molecule has 0 heterocycles. The molecule has 2 aliphatic rings. The Morgan fingerprint density at radius 1 is 1.19 bits per heavy atom. The molecule has 1 heteroatoms. The van der Waals surface area contributed by atoms with Crippen LogP contribution in [0.5, 0.6) is 0 Å². The zero-order valence-electron chi connectivity index (χ0n) is 9.91. The van der Waals surface area contributed by atoms with Crippen LogP contribution in [0.25, 0.3) is 0 Å². The van der Waals surface area contributed by atoms with Crippen molar-refractivity contribution in [1.82, 2.24) is 0 Å². The molecule has 1 nitrogen and oxygen atoms in total. The molecule has 0 amide bonds. The summed E-state index contributed by atoms with van der Waals surface area (Å²) in [4.78, 5) is 0. The van der Waals surface area contributed by atoms with E-state index in [1.54, 1.807) is 11.1 Å². The number of benzene rings is 1. The van der Waals surface area contributed by atoms with Crippen molar-refractivity contribution in [2.24, 2.45) is 5.73 Å². The fraction of sp³-hybridized carbons (Fsp3) is 0.600. The molecule has 2 N–H and O–H groups in total. The minimum Gasteiger partial charge on any atom is -0.330 e. The third kappa shape index (κ3) is 1.41. The number of nitrogens with two attached hydrogens (primary N) is 1. The normalized spacial score (nSPS) is 26.2. The zero-order chi connectivity index (χ0) is 11.0. The summed E-state index contributed by atoms with van der Waals surface area (Å²) in [6, 6.07) is 9.12. The molecule has 0 aliphatic heterocycles. The molecule has 0 radical (unpaired) electrons. The van der Waals surface area contributed by atoms with Gasteiger partial charge in [-0.05, 0) is 61.1 Å². The van der Waals surface area contributed by atoms with Gasteiger partial charge in [0.15, 0.2) is 0 Å².